The summed E-state index contributed by atoms with van der Waals surface area (Å²) in [4.78, 5) is 11.3. The van der Waals surface area contributed by atoms with Gasteiger partial charge < -0.3 is 15.2 Å². The molecule has 0 saturated heterocycles. The number of hydrogen-bond donors (Lipinski definition) is 2. The smallest absolute Gasteiger partial charge is 0.337 e. The second-order valence-corrected chi connectivity index (χ2v) is 5.15. The Bertz CT molecular complexity index is 681. The number of methoxy groups -OCH3 is 1. The molecule has 0 bridgehead atoms. The second-order valence-electron chi connectivity index (χ2n) is 5.15. The van der Waals surface area contributed by atoms with Gasteiger partial charge in [0.25, 0.3) is 0 Å². The number of benzene rings is 2. The highest BCUT2D eigenvalue weighted by atomic mass is 16.5. The van der Waals surface area contributed by atoms with Gasteiger partial charge in [-0.2, -0.15) is 0 Å². The molecule has 2 aromatic rings. The summed E-state index contributed by atoms with van der Waals surface area (Å²) in [5, 5.41) is 12.6. The van der Waals surface area contributed by atoms with Crippen molar-refractivity contribution in [3.05, 3.63) is 59.2 Å². The Morgan fingerprint density at radius 1 is 1.29 bits per heavy atom. The second kappa shape index (κ2) is 5.48. The molecule has 0 aromatic heterocycles. The SMILES string of the molecule is COc1ccc2c(c1)C(Nc1ccccc1C(=O)O)CC2. The van der Waals surface area contributed by atoms with E-state index in [9.17, 15) is 9.90 Å². The van der Waals surface area contributed by atoms with Crippen molar-refractivity contribution >= 4 is 11.7 Å². The molecule has 0 amide bonds. The molecule has 0 aliphatic heterocycles. The molecule has 2 aromatic carbocycles. The summed E-state index contributed by atoms with van der Waals surface area (Å²) in [5.41, 5.74) is 3.44. The average Bonchev–Trinajstić information content (AvgIpc) is 2.90. The molecule has 0 heterocycles. The minimum Gasteiger partial charge on any atom is -0.497 e. The Balaban J connectivity index is 1.90. The minimum atomic E-state index is -0.915. The van der Waals surface area contributed by atoms with E-state index in [1.165, 1.54) is 11.1 Å². The molecular weight excluding hydrogens is 266 g/mol. The monoisotopic (exact) mass is 283 g/mol. The largest absolute Gasteiger partial charge is 0.497 e. The molecule has 1 unspecified atom stereocenters. The first-order valence-electron chi connectivity index (χ1n) is 6.94. The number of aromatic carboxylic acids is 1. The highest BCUT2D eigenvalue weighted by Gasteiger charge is 2.24. The van der Waals surface area contributed by atoms with Crippen molar-refractivity contribution in [2.45, 2.75) is 18.9 Å². The number of aryl methyl sites for hydroxylation is 1. The molecule has 3 rings (SSSR count). The van der Waals surface area contributed by atoms with Crippen molar-refractivity contribution in [2.75, 3.05) is 12.4 Å². The number of nitrogens with one attached hydrogen (secondary N) is 1. The van der Waals surface area contributed by atoms with E-state index in [4.69, 9.17) is 4.74 Å². The van der Waals surface area contributed by atoms with Gasteiger partial charge in [-0.1, -0.05) is 18.2 Å². The maximum atomic E-state index is 11.3. The number of carboxylic acids is 1. The van der Waals surface area contributed by atoms with Gasteiger partial charge in [0.2, 0.25) is 0 Å². The molecule has 1 aliphatic rings. The standard InChI is InChI=1S/C17H17NO3/c1-21-12-8-6-11-7-9-16(14(11)10-12)18-15-5-3-2-4-13(15)17(19)20/h2-6,8,10,16,18H,7,9H2,1H3,(H,19,20). The van der Waals surface area contributed by atoms with E-state index in [2.05, 4.69) is 11.4 Å². The van der Waals surface area contributed by atoms with E-state index in [0.29, 0.717) is 11.3 Å². The summed E-state index contributed by atoms with van der Waals surface area (Å²) >= 11 is 0. The normalized spacial score (nSPS) is 16.3. The quantitative estimate of drug-likeness (QED) is 0.901. The molecule has 4 heteroatoms. The number of carboxylic acid groups (broad SMARTS) is 1. The van der Waals surface area contributed by atoms with E-state index < -0.39 is 5.97 Å². The summed E-state index contributed by atoms with van der Waals surface area (Å²) in [7, 11) is 1.65. The molecule has 4 nitrogen and oxygen atoms in total. The Morgan fingerprint density at radius 2 is 2.10 bits per heavy atom. The fourth-order valence-corrected chi connectivity index (χ4v) is 2.84. The Kier molecular flexibility index (Phi) is 3.52. The van der Waals surface area contributed by atoms with Crippen LogP contribution in [0.4, 0.5) is 5.69 Å². The Hall–Kier alpha value is -2.49. The minimum absolute atomic E-state index is 0.121. The molecular formula is C17H17NO3. The summed E-state index contributed by atoms with van der Waals surface area (Å²) in [6.07, 6.45) is 1.95. The van der Waals surface area contributed by atoms with Crippen LogP contribution >= 0.6 is 0 Å². The predicted octanol–water partition coefficient (Wildman–Crippen LogP) is 3.49. The average molecular weight is 283 g/mol. The molecule has 0 radical (unpaired) electrons. The number of carbonyl (C=O) groups is 1. The lowest BCUT2D eigenvalue weighted by Gasteiger charge is -2.17. The van der Waals surface area contributed by atoms with Gasteiger partial charge in [-0.05, 0) is 48.2 Å². The lowest BCUT2D eigenvalue weighted by molar-refractivity contribution is 0.0698. The van der Waals surface area contributed by atoms with Crippen LogP contribution in [-0.2, 0) is 6.42 Å². The van der Waals surface area contributed by atoms with Crippen LogP contribution in [-0.4, -0.2) is 18.2 Å². The van der Waals surface area contributed by atoms with E-state index in [0.717, 1.165) is 18.6 Å². The lowest BCUT2D eigenvalue weighted by atomic mass is 10.1. The van der Waals surface area contributed by atoms with Crippen LogP contribution in [0.3, 0.4) is 0 Å². The number of ether oxygens (including phenoxy) is 1. The van der Waals surface area contributed by atoms with Gasteiger partial charge in [0.15, 0.2) is 0 Å². The van der Waals surface area contributed by atoms with Crippen molar-refractivity contribution in [1.29, 1.82) is 0 Å². The first-order valence-corrected chi connectivity index (χ1v) is 6.94. The van der Waals surface area contributed by atoms with Crippen molar-refractivity contribution in [2.24, 2.45) is 0 Å². The zero-order valence-electron chi connectivity index (χ0n) is 11.8. The summed E-state index contributed by atoms with van der Waals surface area (Å²) in [6.45, 7) is 0. The summed E-state index contributed by atoms with van der Waals surface area (Å²) in [5.74, 6) is -0.0871. The molecule has 108 valence electrons. The maximum Gasteiger partial charge on any atom is 0.337 e. The fourth-order valence-electron chi connectivity index (χ4n) is 2.84. The van der Waals surface area contributed by atoms with Crippen LogP contribution in [0.5, 0.6) is 5.75 Å². The van der Waals surface area contributed by atoms with Crippen LogP contribution in [0.2, 0.25) is 0 Å². The highest BCUT2D eigenvalue weighted by Crippen LogP contribution is 2.36. The maximum absolute atomic E-state index is 11.3. The molecule has 2 N–H and O–H groups in total. The van der Waals surface area contributed by atoms with Gasteiger partial charge in [0.05, 0.1) is 18.7 Å². The molecule has 21 heavy (non-hydrogen) atoms. The first kappa shape index (κ1) is 13.5. The molecule has 1 aliphatic carbocycles. The van der Waals surface area contributed by atoms with E-state index in [-0.39, 0.29) is 6.04 Å². The molecule has 0 spiro atoms. The van der Waals surface area contributed by atoms with Gasteiger partial charge in [-0.3, -0.25) is 0 Å². The van der Waals surface area contributed by atoms with Gasteiger partial charge in [-0.25, -0.2) is 4.79 Å². The van der Waals surface area contributed by atoms with Gasteiger partial charge in [0, 0.05) is 5.69 Å². The van der Waals surface area contributed by atoms with Gasteiger partial charge >= 0.3 is 5.97 Å². The Morgan fingerprint density at radius 3 is 2.86 bits per heavy atom. The zero-order valence-corrected chi connectivity index (χ0v) is 11.8. The van der Waals surface area contributed by atoms with Crippen LogP contribution in [0.15, 0.2) is 42.5 Å². The van der Waals surface area contributed by atoms with Gasteiger partial charge in [-0.15, -0.1) is 0 Å². The number of para-hydroxylation sites is 1. The number of fused-ring (bicyclic) bond motifs is 1. The van der Waals surface area contributed by atoms with Crippen molar-refractivity contribution in [1.82, 2.24) is 0 Å². The molecule has 0 fully saturated rings. The third kappa shape index (κ3) is 2.57. The number of hydrogen-bond acceptors (Lipinski definition) is 3. The van der Waals surface area contributed by atoms with Crippen LogP contribution in [0.1, 0.15) is 33.9 Å². The number of anilines is 1. The predicted molar refractivity (Wildman–Crippen MR) is 81.1 cm³/mol. The fraction of sp³-hybridized carbons (Fsp3) is 0.235. The van der Waals surface area contributed by atoms with Gasteiger partial charge in [0.1, 0.15) is 5.75 Å². The van der Waals surface area contributed by atoms with Crippen molar-refractivity contribution in [3.63, 3.8) is 0 Å². The summed E-state index contributed by atoms with van der Waals surface area (Å²) < 4.78 is 5.28. The lowest BCUT2D eigenvalue weighted by Crippen LogP contribution is -2.11. The van der Waals surface area contributed by atoms with E-state index >= 15 is 0 Å². The van der Waals surface area contributed by atoms with Crippen molar-refractivity contribution in [3.8, 4) is 5.75 Å². The highest BCUT2D eigenvalue weighted by molar-refractivity contribution is 5.94. The third-order valence-electron chi connectivity index (χ3n) is 3.92. The van der Waals surface area contributed by atoms with Crippen LogP contribution in [0, 0.1) is 0 Å². The van der Waals surface area contributed by atoms with Crippen LogP contribution in [0.25, 0.3) is 0 Å². The first-order chi connectivity index (χ1) is 10.2. The Labute approximate surface area is 123 Å². The van der Waals surface area contributed by atoms with Crippen LogP contribution < -0.4 is 10.1 Å². The van der Waals surface area contributed by atoms with Crippen molar-refractivity contribution < 1.29 is 14.6 Å². The number of rotatable bonds is 4. The zero-order chi connectivity index (χ0) is 14.8. The topological polar surface area (TPSA) is 58.6 Å². The molecule has 1 atom stereocenters. The third-order valence-corrected chi connectivity index (χ3v) is 3.92. The summed E-state index contributed by atoms with van der Waals surface area (Å²) in [6, 6.07) is 13.2. The van der Waals surface area contributed by atoms with E-state index in [1.54, 1.807) is 19.2 Å². The van der Waals surface area contributed by atoms with E-state index in [1.807, 2.05) is 24.3 Å². The molecule has 0 saturated carbocycles.